The minimum absolute atomic E-state index is 0.00735. The van der Waals surface area contributed by atoms with Crippen LogP contribution in [0.1, 0.15) is 31.9 Å². The molecule has 15 heavy (non-hydrogen) atoms. The lowest BCUT2D eigenvalue weighted by Crippen LogP contribution is -2.09. The second-order valence-electron chi connectivity index (χ2n) is 4.50. The largest absolute Gasteiger partial charge is 0.291 e. The summed E-state index contributed by atoms with van der Waals surface area (Å²) >= 11 is 0. The Morgan fingerprint density at radius 2 is 1.87 bits per heavy atom. The molecule has 0 radical (unpaired) electrons. The Labute approximate surface area is 91.3 Å². The van der Waals surface area contributed by atoms with E-state index in [0.717, 1.165) is 6.42 Å². The predicted molar refractivity (Wildman–Crippen MR) is 63.1 cm³/mol. The van der Waals surface area contributed by atoms with Gasteiger partial charge in [0.15, 0.2) is 0 Å². The lowest BCUT2D eigenvalue weighted by Gasteiger charge is -2.10. The Kier molecular flexibility index (Phi) is 3.62. The zero-order valence-corrected chi connectivity index (χ0v) is 9.49. The number of hydrogen-bond donors (Lipinski definition) is 0. The molecule has 1 aromatic carbocycles. The van der Waals surface area contributed by atoms with E-state index in [1.54, 1.807) is 0 Å². The van der Waals surface area contributed by atoms with E-state index >= 15 is 0 Å². The Bertz CT molecular complexity index is 374. The molecule has 0 unspecified atom stereocenters. The molecule has 0 aliphatic carbocycles. The summed E-state index contributed by atoms with van der Waals surface area (Å²) in [4.78, 5) is 4.40. The molecule has 78 valence electrons. The molecular weight excluding hydrogens is 184 g/mol. The first-order valence-electron chi connectivity index (χ1n) is 5.04. The van der Waals surface area contributed by atoms with Crippen LogP contribution < -0.4 is 0 Å². The minimum Gasteiger partial charge on any atom is -0.291 e. The van der Waals surface area contributed by atoms with Crippen molar-refractivity contribution in [1.82, 2.24) is 0 Å². The summed E-state index contributed by atoms with van der Waals surface area (Å²) in [7, 11) is 0. The van der Waals surface area contributed by atoms with Crippen molar-refractivity contribution in [2.45, 2.75) is 32.7 Å². The van der Waals surface area contributed by atoms with E-state index in [9.17, 15) is 0 Å². The van der Waals surface area contributed by atoms with Gasteiger partial charge in [0, 0.05) is 12.6 Å². The number of aliphatic imine (C=N–C) groups is 1. The fourth-order valence-corrected chi connectivity index (χ4v) is 1.14. The monoisotopic (exact) mass is 200 g/mol. The first-order chi connectivity index (χ1) is 7.01. The third kappa shape index (κ3) is 4.42. The van der Waals surface area contributed by atoms with E-state index in [0.29, 0.717) is 5.56 Å². The zero-order chi connectivity index (χ0) is 11.3. The van der Waals surface area contributed by atoms with Gasteiger partial charge in [-0.1, -0.05) is 12.1 Å². The van der Waals surface area contributed by atoms with Gasteiger partial charge in [0.25, 0.3) is 0 Å². The molecule has 1 rings (SSSR count). The summed E-state index contributed by atoms with van der Waals surface area (Å²) in [5.41, 5.74) is 1.88. The number of nitriles is 1. The smallest absolute Gasteiger partial charge is 0.0991 e. The van der Waals surface area contributed by atoms with Gasteiger partial charge in [-0.15, -0.1) is 0 Å². The van der Waals surface area contributed by atoms with E-state index in [1.807, 2.05) is 30.5 Å². The Morgan fingerprint density at radius 3 is 2.33 bits per heavy atom. The number of rotatable bonds is 2. The lowest BCUT2D eigenvalue weighted by atomic mass is 10.1. The van der Waals surface area contributed by atoms with Gasteiger partial charge in [-0.25, -0.2) is 0 Å². The molecule has 0 atom stereocenters. The Balaban J connectivity index is 2.60. The molecule has 0 amide bonds. The predicted octanol–water partition coefficient (Wildman–Crippen LogP) is 2.97. The van der Waals surface area contributed by atoms with Crippen LogP contribution in [-0.4, -0.2) is 11.8 Å². The molecule has 2 heteroatoms. The fourth-order valence-electron chi connectivity index (χ4n) is 1.14. The average molecular weight is 200 g/mol. The van der Waals surface area contributed by atoms with E-state index in [1.165, 1.54) is 5.56 Å². The Morgan fingerprint density at radius 1 is 1.27 bits per heavy atom. The highest BCUT2D eigenvalue weighted by Crippen LogP contribution is 2.07. The third-order valence-electron chi connectivity index (χ3n) is 1.89. The molecule has 1 aromatic rings. The van der Waals surface area contributed by atoms with E-state index in [-0.39, 0.29) is 5.54 Å². The molecule has 2 nitrogen and oxygen atoms in total. The van der Waals surface area contributed by atoms with Crippen molar-refractivity contribution in [2.24, 2.45) is 4.99 Å². The molecule has 0 aliphatic rings. The van der Waals surface area contributed by atoms with Crippen molar-refractivity contribution in [3.05, 3.63) is 35.4 Å². The van der Waals surface area contributed by atoms with Crippen molar-refractivity contribution < 1.29 is 0 Å². The van der Waals surface area contributed by atoms with Crippen LogP contribution in [0.15, 0.2) is 29.3 Å². The molecule has 0 spiro atoms. The van der Waals surface area contributed by atoms with Gasteiger partial charge < -0.3 is 0 Å². The maximum atomic E-state index is 8.63. The molecule has 0 heterocycles. The third-order valence-corrected chi connectivity index (χ3v) is 1.89. The summed E-state index contributed by atoms with van der Waals surface area (Å²) in [6.45, 7) is 6.22. The summed E-state index contributed by atoms with van der Waals surface area (Å²) in [6.07, 6.45) is 2.75. The molecular formula is C13H16N2. The second-order valence-corrected chi connectivity index (χ2v) is 4.50. The van der Waals surface area contributed by atoms with Gasteiger partial charge in [-0.3, -0.25) is 4.99 Å². The molecule has 0 bridgehead atoms. The van der Waals surface area contributed by atoms with Gasteiger partial charge in [0.1, 0.15) is 0 Å². The van der Waals surface area contributed by atoms with Crippen molar-refractivity contribution in [1.29, 1.82) is 5.26 Å². The van der Waals surface area contributed by atoms with Crippen molar-refractivity contribution >= 4 is 6.21 Å². The van der Waals surface area contributed by atoms with Crippen LogP contribution in [0.5, 0.6) is 0 Å². The standard InChI is InChI=1S/C13H16N2/c1-13(2,3)15-9-8-11-4-6-12(10-14)7-5-11/h4-7,9H,8H2,1-3H3. The van der Waals surface area contributed by atoms with E-state index in [4.69, 9.17) is 5.26 Å². The van der Waals surface area contributed by atoms with Crippen LogP contribution in [0.2, 0.25) is 0 Å². The topological polar surface area (TPSA) is 36.1 Å². The first-order valence-corrected chi connectivity index (χ1v) is 5.04. The summed E-state index contributed by atoms with van der Waals surface area (Å²) < 4.78 is 0. The lowest BCUT2D eigenvalue weighted by molar-refractivity contribution is 0.585. The average Bonchev–Trinajstić information content (AvgIpc) is 2.17. The normalized spacial score (nSPS) is 11.6. The number of benzene rings is 1. The zero-order valence-electron chi connectivity index (χ0n) is 9.49. The fraction of sp³-hybridized carbons (Fsp3) is 0.385. The maximum Gasteiger partial charge on any atom is 0.0991 e. The van der Waals surface area contributed by atoms with Gasteiger partial charge in [0.05, 0.1) is 17.2 Å². The van der Waals surface area contributed by atoms with Gasteiger partial charge in [-0.2, -0.15) is 5.26 Å². The van der Waals surface area contributed by atoms with Crippen molar-refractivity contribution in [3.63, 3.8) is 0 Å². The SMILES string of the molecule is CC(C)(C)N=CCc1ccc(C#N)cc1. The van der Waals surface area contributed by atoms with Crippen LogP contribution >= 0.6 is 0 Å². The van der Waals surface area contributed by atoms with E-state index in [2.05, 4.69) is 31.8 Å². The molecule has 0 aromatic heterocycles. The molecule has 0 saturated heterocycles. The number of hydrogen-bond acceptors (Lipinski definition) is 2. The van der Waals surface area contributed by atoms with Gasteiger partial charge in [0.2, 0.25) is 0 Å². The minimum atomic E-state index is -0.00735. The van der Waals surface area contributed by atoms with Crippen molar-refractivity contribution in [2.75, 3.05) is 0 Å². The number of nitrogens with zero attached hydrogens (tertiary/aromatic N) is 2. The van der Waals surface area contributed by atoms with Crippen LogP contribution in [0.25, 0.3) is 0 Å². The molecule has 0 saturated carbocycles. The van der Waals surface area contributed by atoms with Crippen LogP contribution in [0, 0.1) is 11.3 Å². The summed E-state index contributed by atoms with van der Waals surface area (Å²) in [6, 6.07) is 9.70. The highest BCUT2D eigenvalue weighted by Gasteiger charge is 2.03. The second kappa shape index (κ2) is 4.75. The quantitative estimate of drug-likeness (QED) is 0.676. The summed E-state index contributed by atoms with van der Waals surface area (Å²) in [5.74, 6) is 0. The van der Waals surface area contributed by atoms with Crippen LogP contribution in [-0.2, 0) is 6.42 Å². The summed E-state index contributed by atoms with van der Waals surface area (Å²) in [5, 5.41) is 8.63. The maximum absolute atomic E-state index is 8.63. The molecule has 0 fully saturated rings. The van der Waals surface area contributed by atoms with Crippen LogP contribution in [0.3, 0.4) is 0 Å². The first kappa shape index (κ1) is 11.5. The van der Waals surface area contributed by atoms with Gasteiger partial charge in [-0.05, 0) is 38.5 Å². The highest BCUT2D eigenvalue weighted by atomic mass is 14.8. The molecule has 0 aliphatic heterocycles. The Hall–Kier alpha value is -1.62. The molecule has 0 N–H and O–H groups in total. The van der Waals surface area contributed by atoms with Crippen molar-refractivity contribution in [3.8, 4) is 6.07 Å². The highest BCUT2D eigenvalue weighted by molar-refractivity contribution is 5.62. The van der Waals surface area contributed by atoms with Crippen LogP contribution in [0.4, 0.5) is 0 Å². The van der Waals surface area contributed by atoms with Gasteiger partial charge >= 0.3 is 0 Å². The van der Waals surface area contributed by atoms with E-state index < -0.39 is 0 Å².